The van der Waals surface area contributed by atoms with Crippen molar-refractivity contribution >= 4 is 0 Å². The minimum atomic E-state index is 0. The van der Waals surface area contributed by atoms with Crippen molar-refractivity contribution in [2.75, 3.05) is 19.6 Å². The van der Waals surface area contributed by atoms with E-state index < -0.39 is 0 Å². The summed E-state index contributed by atoms with van der Waals surface area (Å²) in [5, 5.41) is 0. The van der Waals surface area contributed by atoms with Gasteiger partial charge in [-0.3, -0.25) is 0 Å². The van der Waals surface area contributed by atoms with Gasteiger partial charge in [0, 0.05) is 6.15 Å². The van der Waals surface area contributed by atoms with Gasteiger partial charge in [-0.2, -0.15) is 0 Å². The highest BCUT2D eigenvalue weighted by atomic mass is 15.1. The number of hydrogen-bond donors (Lipinski definition) is 0. The summed E-state index contributed by atoms with van der Waals surface area (Å²) in [6.45, 7) is 10.1. The van der Waals surface area contributed by atoms with E-state index in [0.29, 0.717) is 0 Å². The van der Waals surface area contributed by atoms with Crippen LogP contribution in [0.3, 0.4) is 0 Å². The molecule has 0 saturated carbocycles. The highest BCUT2D eigenvalue weighted by Crippen LogP contribution is 1.81. The number of nitrogens with zero attached hydrogens (tertiary/aromatic N) is 2. The molecule has 2 heteroatoms. The molecule has 0 fully saturated rings. The second-order valence-electron chi connectivity index (χ2n) is 1.62. The molecule has 0 aliphatic carbocycles. The van der Waals surface area contributed by atoms with E-state index in [1.54, 1.807) is 0 Å². The molecule has 0 spiro atoms. The Morgan fingerprint density at radius 1 is 0.875 bits per heavy atom. The van der Waals surface area contributed by atoms with Gasteiger partial charge in [0.05, 0.1) is 0 Å². The van der Waals surface area contributed by atoms with Crippen LogP contribution in [0.25, 0.3) is 0 Å². The first-order chi connectivity index (χ1) is 3.35. The molecular formula is C6H15N2. The van der Waals surface area contributed by atoms with Crippen LogP contribution < -0.4 is 6.15 Å². The summed E-state index contributed by atoms with van der Waals surface area (Å²) in [4.78, 5) is 2.38. The van der Waals surface area contributed by atoms with Gasteiger partial charge >= 0.3 is 0 Å². The zero-order chi connectivity index (χ0) is 5.70. The molecule has 49 valence electrons. The number of rotatable bonds is 3. The average Bonchev–Trinajstić information content (AvgIpc) is 1.72. The first kappa shape index (κ1) is 10.8. The van der Waals surface area contributed by atoms with E-state index in [2.05, 4.69) is 25.7 Å². The molecule has 0 N–H and O–H groups in total. The summed E-state index contributed by atoms with van der Waals surface area (Å²) >= 11 is 0. The molecule has 0 aliphatic rings. The smallest absolute Gasteiger partial charge is 0 e. The lowest BCUT2D eigenvalue weighted by Crippen LogP contribution is -2.21. The van der Waals surface area contributed by atoms with Crippen molar-refractivity contribution in [3.63, 3.8) is 0 Å². The molecule has 0 aromatic heterocycles. The molecule has 0 atom stereocenters. The zero-order valence-electron chi connectivity index (χ0n) is 6.02. The third kappa shape index (κ3) is 4.09. The van der Waals surface area contributed by atoms with Crippen LogP contribution in [-0.4, -0.2) is 24.5 Å². The summed E-state index contributed by atoms with van der Waals surface area (Å²) in [6.07, 6.45) is 0. The predicted octanol–water partition coefficient (Wildman–Crippen LogP) is 0.867. The van der Waals surface area contributed by atoms with Crippen LogP contribution in [0.1, 0.15) is 20.8 Å². The van der Waals surface area contributed by atoms with Gasteiger partial charge in [0.15, 0.2) is 0 Å². The molecule has 2 nitrogen and oxygen atoms in total. The third-order valence-corrected chi connectivity index (χ3v) is 1.34. The molecule has 0 heterocycles. The molecule has 0 bridgehead atoms. The molecule has 0 unspecified atom stereocenters. The topological polar surface area (TPSA) is 33.7 Å². The quantitative estimate of drug-likeness (QED) is 0.537. The maximum atomic E-state index is 2.38. The fourth-order valence-corrected chi connectivity index (χ4v) is 0.671. The van der Waals surface area contributed by atoms with E-state index in [4.69, 9.17) is 0 Å². The van der Waals surface area contributed by atoms with Crippen molar-refractivity contribution in [3.05, 3.63) is 0 Å². The Kier molecular flexibility index (Phi) is 9.36. The Morgan fingerprint density at radius 2 is 1.12 bits per heavy atom. The van der Waals surface area contributed by atoms with Crippen LogP contribution in [0.5, 0.6) is 0 Å². The van der Waals surface area contributed by atoms with Crippen LogP contribution >= 0.6 is 0 Å². The maximum absolute atomic E-state index is 2.38. The Labute approximate surface area is 52.5 Å². The van der Waals surface area contributed by atoms with Crippen LogP contribution in [0.2, 0.25) is 0 Å². The molecule has 0 saturated heterocycles. The third-order valence-electron chi connectivity index (χ3n) is 1.34. The van der Waals surface area contributed by atoms with Crippen molar-refractivity contribution in [1.29, 1.82) is 0 Å². The van der Waals surface area contributed by atoms with E-state index in [-0.39, 0.29) is 6.15 Å². The second kappa shape index (κ2) is 6.92. The van der Waals surface area contributed by atoms with E-state index in [1.807, 2.05) is 0 Å². The standard InChI is InChI=1S/C6H15N.N/c1-4-7(5-2)6-3;/h4-6H2,1-3H3;. The van der Waals surface area contributed by atoms with Crippen molar-refractivity contribution < 1.29 is 0 Å². The molecule has 0 aliphatic heterocycles. The van der Waals surface area contributed by atoms with Gasteiger partial charge in [-0.05, 0) is 19.6 Å². The second-order valence-corrected chi connectivity index (χ2v) is 1.62. The molecule has 0 aromatic rings. The van der Waals surface area contributed by atoms with Crippen LogP contribution in [0.4, 0.5) is 0 Å². The minimum Gasteiger partial charge on any atom is -0.304 e. The monoisotopic (exact) mass is 115 g/mol. The largest absolute Gasteiger partial charge is 0.304 e. The zero-order valence-corrected chi connectivity index (χ0v) is 6.02. The SMILES string of the molecule is CCN(CC)CC.[N]. The lowest BCUT2D eigenvalue weighted by atomic mass is 10.5. The normalized spacial score (nSPS) is 9.00. The molecule has 3 radical (unpaired) electrons. The summed E-state index contributed by atoms with van der Waals surface area (Å²) in [5.41, 5.74) is 0. The Hall–Kier alpha value is -0.0800. The minimum absolute atomic E-state index is 0. The molecular weight excluding hydrogens is 100 g/mol. The van der Waals surface area contributed by atoms with Crippen LogP contribution in [0.15, 0.2) is 0 Å². The molecule has 0 amide bonds. The van der Waals surface area contributed by atoms with Crippen LogP contribution in [0, 0.1) is 0 Å². The van der Waals surface area contributed by atoms with Gasteiger partial charge in [-0.1, -0.05) is 20.8 Å². The van der Waals surface area contributed by atoms with Gasteiger partial charge in [-0.25, -0.2) is 0 Å². The maximum Gasteiger partial charge on any atom is 0 e. The van der Waals surface area contributed by atoms with Gasteiger partial charge < -0.3 is 4.90 Å². The Morgan fingerprint density at radius 3 is 1.12 bits per heavy atom. The number of hydrogen-bond acceptors (Lipinski definition) is 1. The van der Waals surface area contributed by atoms with E-state index in [0.717, 1.165) is 0 Å². The van der Waals surface area contributed by atoms with Crippen molar-refractivity contribution in [2.24, 2.45) is 0 Å². The highest BCUT2D eigenvalue weighted by Gasteiger charge is 1.89. The van der Waals surface area contributed by atoms with Crippen LogP contribution in [-0.2, 0) is 0 Å². The summed E-state index contributed by atoms with van der Waals surface area (Å²) < 4.78 is 0. The lowest BCUT2D eigenvalue weighted by molar-refractivity contribution is 0.321. The first-order valence-electron chi connectivity index (χ1n) is 3.07. The fraction of sp³-hybridized carbons (Fsp3) is 1.00. The summed E-state index contributed by atoms with van der Waals surface area (Å²) in [5.74, 6) is 0. The summed E-state index contributed by atoms with van der Waals surface area (Å²) in [6, 6.07) is 0. The van der Waals surface area contributed by atoms with Crippen molar-refractivity contribution in [2.45, 2.75) is 20.8 Å². The Balaban J connectivity index is 0. The fourth-order valence-electron chi connectivity index (χ4n) is 0.671. The van der Waals surface area contributed by atoms with E-state index in [9.17, 15) is 0 Å². The molecule has 0 aromatic carbocycles. The Bertz CT molecular complexity index is 28.0. The highest BCUT2D eigenvalue weighted by molar-refractivity contribution is 4.43. The van der Waals surface area contributed by atoms with E-state index >= 15 is 0 Å². The molecule has 8 heavy (non-hydrogen) atoms. The predicted molar refractivity (Wildman–Crippen MR) is 35.6 cm³/mol. The first-order valence-corrected chi connectivity index (χ1v) is 3.07. The van der Waals surface area contributed by atoms with Gasteiger partial charge in [-0.15, -0.1) is 0 Å². The lowest BCUT2D eigenvalue weighted by Gasteiger charge is -2.13. The van der Waals surface area contributed by atoms with Gasteiger partial charge in [0.2, 0.25) is 0 Å². The average molecular weight is 115 g/mol. The molecule has 0 rings (SSSR count). The van der Waals surface area contributed by atoms with Gasteiger partial charge in [0.1, 0.15) is 0 Å². The van der Waals surface area contributed by atoms with Crippen molar-refractivity contribution in [3.8, 4) is 0 Å². The van der Waals surface area contributed by atoms with Crippen molar-refractivity contribution in [1.82, 2.24) is 11.1 Å². The van der Waals surface area contributed by atoms with E-state index in [1.165, 1.54) is 19.6 Å². The van der Waals surface area contributed by atoms with Gasteiger partial charge in [0.25, 0.3) is 0 Å². The summed E-state index contributed by atoms with van der Waals surface area (Å²) in [7, 11) is 0.